The quantitative estimate of drug-likeness (QED) is 0.250. The number of anilines is 1. The molecule has 3 aromatic rings. The number of hydrogen-bond acceptors (Lipinski definition) is 6. The molecule has 0 aliphatic rings. The van der Waals surface area contributed by atoms with Crippen LogP contribution >= 0.6 is 27.5 Å². The average molecular weight is 681 g/mol. The Kier molecular flexibility index (Phi) is 11.7. The number of ether oxygens (including phenoxy) is 2. The summed E-state index contributed by atoms with van der Waals surface area (Å²) in [7, 11) is -1.45. The lowest BCUT2D eigenvalue weighted by atomic mass is 10.1. The van der Waals surface area contributed by atoms with Gasteiger partial charge in [-0.15, -0.1) is 0 Å². The number of nitrogens with one attached hydrogen (secondary N) is 1. The van der Waals surface area contributed by atoms with E-state index >= 15 is 0 Å². The van der Waals surface area contributed by atoms with Crippen LogP contribution in [0.3, 0.4) is 0 Å². The van der Waals surface area contributed by atoms with Crippen LogP contribution in [0.5, 0.6) is 11.5 Å². The van der Waals surface area contributed by atoms with Crippen LogP contribution in [0, 0.1) is 0 Å². The molecule has 0 bridgehead atoms. The molecule has 2 amide bonds. The van der Waals surface area contributed by atoms with Gasteiger partial charge in [0, 0.05) is 28.1 Å². The molecule has 0 fully saturated rings. The lowest BCUT2D eigenvalue weighted by Crippen LogP contribution is -2.52. The van der Waals surface area contributed by atoms with Crippen LogP contribution in [0.4, 0.5) is 5.69 Å². The van der Waals surface area contributed by atoms with E-state index in [0.29, 0.717) is 17.2 Å². The maximum atomic E-state index is 14.1. The van der Waals surface area contributed by atoms with Crippen molar-refractivity contribution in [3.8, 4) is 11.5 Å². The summed E-state index contributed by atoms with van der Waals surface area (Å²) in [6.07, 6.45) is 0.715. The van der Waals surface area contributed by atoms with Crippen molar-refractivity contribution in [3.63, 3.8) is 0 Å². The van der Waals surface area contributed by atoms with Crippen molar-refractivity contribution in [3.05, 3.63) is 81.8 Å². The van der Waals surface area contributed by atoms with Gasteiger partial charge in [0.25, 0.3) is 10.0 Å². The maximum absolute atomic E-state index is 14.1. The van der Waals surface area contributed by atoms with Crippen molar-refractivity contribution in [1.29, 1.82) is 0 Å². The van der Waals surface area contributed by atoms with Gasteiger partial charge in [-0.05, 0) is 74.4 Å². The Labute approximate surface area is 260 Å². The van der Waals surface area contributed by atoms with Gasteiger partial charge in [0.15, 0.2) is 11.5 Å². The van der Waals surface area contributed by atoms with Crippen LogP contribution < -0.4 is 19.1 Å². The topological polar surface area (TPSA) is 105 Å². The molecular weight excluding hydrogens is 646 g/mol. The summed E-state index contributed by atoms with van der Waals surface area (Å²) in [4.78, 5) is 28.5. The predicted molar refractivity (Wildman–Crippen MR) is 168 cm³/mol. The van der Waals surface area contributed by atoms with Gasteiger partial charge in [0.1, 0.15) is 12.6 Å². The normalized spacial score (nSPS) is 12.6. The first-order valence-corrected chi connectivity index (χ1v) is 15.9. The second kappa shape index (κ2) is 14.8. The van der Waals surface area contributed by atoms with Crippen LogP contribution in [-0.2, 0) is 26.2 Å². The number of carbonyl (C=O) groups is 2. The van der Waals surface area contributed by atoms with Crippen LogP contribution in [0.1, 0.15) is 32.8 Å². The van der Waals surface area contributed by atoms with E-state index in [1.165, 1.54) is 49.5 Å². The molecule has 3 aromatic carbocycles. The van der Waals surface area contributed by atoms with Crippen molar-refractivity contribution in [2.45, 2.75) is 50.7 Å². The van der Waals surface area contributed by atoms with Crippen LogP contribution in [0.2, 0.25) is 5.02 Å². The van der Waals surface area contributed by atoms with Crippen molar-refractivity contribution >= 4 is 55.1 Å². The third kappa shape index (κ3) is 8.17. The molecule has 0 aliphatic heterocycles. The molecule has 3 rings (SSSR count). The fourth-order valence-corrected chi connectivity index (χ4v) is 5.90. The van der Waals surface area contributed by atoms with E-state index in [2.05, 4.69) is 21.2 Å². The Morgan fingerprint density at radius 1 is 0.952 bits per heavy atom. The second-order valence-corrected chi connectivity index (χ2v) is 12.9. The van der Waals surface area contributed by atoms with Gasteiger partial charge in [0.2, 0.25) is 11.8 Å². The summed E-state index contributed by atoms with van der Waals surface area (Å²) in [6.45, 7) is 4.97. The Hall–Kier alpha value is -3.28. The summed E-state index contributed by atoms with van der Waals surface area (Å²) in [5.74, 6) is -0.333. The highest BCUT2D eigenvalue weighted by Crippen LogP contribution is 2.32. The van der Waals surface area contributed by atoms with Crippen molar-refractivity contribution < 1.29 is 27.5 Å². The molecule has 0 saturated heterocycles. The number of benzene rings is 3. The minimum absolute atomic E-state index is 0.0894. The van der Waals surface area contributed by atoms with Crippen LogP contribution in [-0.4, -0.2) is 58.0 Å². The monoisotopic (exact) mass is 679 g/mol. The zero-order valence-corrected chi connectivity index (χ0v) is 27.3. The molecule has 9 nitrogen and oxygen atoms in total. The highest BCUT2D eigenvalue weighted by Gasteiger charge is 2.33. The first kappa shape index (κ1) is 33.2. The van der Waals surface area contributed by atoms with Gasteiger partial charge in [0.05, 0.1) is 24.8 Å². The smallest absolute Gasteiger partial charge is 0.264 e. The number of hydrogen-bond donors (Lipinski definition) is 1. The van der Waals surface area contributed by atoms with Gasteiger partial charge in [-0.3, -0.25) is 13.9 Å². The lowest BCUT2D eigenvalue weighted by molar-refractivity contribution is -0.139. The molecule has 0 unspecified atom stereocenters. The van der Waals surface area contributed by atoms with E-state index < -0.39 is 28.5 Å². The van der Waals surface area contributed by atoms with E-state index in [0.717, 1.165) is 14.3 Å². The number of halogens is 2. The third-order valence-corrected chi connectivity index (χ3v) is 9.32. The van der Waals surface area contributed by atoms with Crippen molar-refractivity contribution in [2.75, 3.05) is 25.1 Å². The van der Waals surface area contributed by atoms with Crippen molar-refractivity contribution in [1.82, 2.24) is 10.2 Å². The number of nitrogens with zero attached hydrogens (tertiary/aromatic N) is 2. The second-order valence-electron chi connectivity index (χ2n) is 9.65. The SMILES string of the molecule is CC[C@@H](C)NC(=O)[C@@H](C)N(Cc1ccc(Br)cc1)C(=O)CN(c1ccc(Cl)cc1)S(=O)(=O)c1ccc(OC)c(OC)c1. The third-order valence-electron chi connectivity index (χ3n) is 6.77. The fourth-order valence-electron chi connectivity index (χ4n) is 4.07. The highest BCUT2D eigenvalue weighted by atomic mass is 79.9. The number of amides is 2. The average Bonchev–Trinajstić information content (AvgIpc) is 2.98. The van der Waals surface area contributed by atoms with E-state index in [1.54, 1.807) is 19.1 Å². The molecule has 0 radical (unpaired) electrons. The van der Waals surface area contributed by atoms with E-state index in [9.17, 15) is 18.0 Å². The first-order valence-electron chi connectivity index (χ1n) is 13.3. The lowest BCUT2D eigenvalue weighted by Gasteiger charge is -2.32. The first-order chi connectivity index (χ1) is 19.9. The van der Waals surface area contributed by atoms with Crippen LogP contribution in [0.25, 0.3) is 0 Å². The van der Waals surface area contributed by atoms with Gasteiger partial charge < -0.3 is 19.7 Å². The molecule has 0 aliphatic carbocycles. The summed E-state index contributed by atoms with van der Waals surface area (Å²) >= 11 is 9.50. The molecule has 1 N–H and O–H groups in total. The number of carbonyl (C=O) groups excluding carboxylic acids is 2. The molecule has 42 heavy (non-hydrogen) atoms. The van der Waals surface area contributed by atoms with Gasteiger partial charge >= 0.3 is 0 Å². The number of rotatable bonds is 13. The largest absolute Gasteiger partial charge is 0.493 e. The number of sulfonamides is 1. The predicted octanol–water partition coefficient (Wildman–Crippen LogP) is 5.65. The molecular formula is C30H35BrClN3O6S. The van der Waals surface area contributed by atoms with Crippen molar-refractivity contribution in [2.24, 2.45) is 0 Å². The number of methoxy groups -OCH3 is 2. The van der Waals surface area contributed by atoms with Gasteiger partial charge in [-0.1, -0.05) is 46.6 Å². The minimum Gasteiger partial charge on any atom is -0.493 e. The molecule has 0 saturated carbocycles. The van der Waals surface area contributed by atoms with Gasteiger partial charge in [-0.25, -0.2) is 8.42 Å². The molecule has 0 heterocycles. The van der Waals surface area contributed by atoms with E-state index in [-0.39, 0.29) is 34.8 Å². The standard InChI is InChI=1S/C30H35BrClN3O6S/c1-6-20(2)33-30(37)21(3)34(18-22-7-9-23(31)10-8-22)29(36)19-35(25-13-11-24(32)12-14-25)42(38,39)26-15-16-27(40-4)28(17-26)41-5/h7-17,20-21H,6,18-19H2,1-5H3,(H,33,37)/t20-,21-/m1/s1. The maximum Gasteiger partial charge on any atom is 0.264 e. The zero-order chi connectivity index (χ0) is 31.0. The highest BCUT2D eigenvalue weighted by molar-refractivity contribution is 9.10. The van der Waals surface area contributed by atoms with Crippen LogP contribution in [0.15, 0.2) is 76.1 Å². The minimum atomic E-state index is -4.30. The van der Waals surface area contributed by atoms with E-state index in [1.807, 2.05) is 38.1 Å². The summed E-state index contributed by atoms with van der Waals surface area (Å²) < 4.78 is 40.6. The Bertz CT molecular complexity index is 1490. The zero-order valence-electron chi connectivity index (χ0n) is 24.1. The molecule has 12 heteroatoms. The van der Waals surface area contributed by atoms with Gasteiger partial charge in [-0.2, -0.15) is 0 Å². The Balaban J connectivity index is 2.06. The summed E-state index contributed by atoms with van der Waals surface area (Å²) in [5.41, 5.74) is 0.998. The Morgan fingerprint density at radius 3 is 2.14 bits per heavy atom. The molecule has 0 spiro atoms. The summed E-state index contributed by atoms with van der Waals surface area (Å²) in [6, 6.07) is 16.7. The fraction of sp³-hybridized carbons (Fsp3) is 0.333. The molecule has 2 atom stereocenters. The summed E-state index contributed by atoms with van der Waals surface area (Å²) in [5, 5.41) is 3.32. The Morgan fingerprint density at radius 2 is 1.57 bits per heavy atom. The molecule has 226 valence electrons. The molecule has 0 aromatic heterocycles. The van der Waals surface area contributed by atoms with E-state index in [4.69, 9.17) is 21.1 Å².